The first-order valence-corrected chi connectivity index (χ1v) is 10.4. The number of hydrogen-bond donors (Lipinski definition) is 2. The Hall–Kier alpha value is -3.34. The first-order valence-electron chi connectivity index (χ1n) is 8.89. The average Bonchev–Trinajstić information content (AvgIpc) is 2.70. The van der Waals surface area contributed by atoms with Crippen molar-refractivity contribution >= 4 is 32.4 Å². The van der Waals surface area contributed by atoms with Gasteiger partial charge in [-0.2, -0.15) is 4.72 Å². The van der Waals surface area contributed by atoms with E-state index < -0.39 is 10.0 Å². The van der Waals surface area contributed by atoms with Crippen LogP contribution < -0.4 is 14.8 Å². The molecule has 3 rings (SSSR count). The van der Waals surface area contributed by atoms with E-state index in [1.54, 1.807) is 0 Å². The van der Waals surface area contributed by atoms with Crippen LogP contribution in [0, 0.1) is 11.8 Å². The smallest absolute Gasteiger partial charge is 0.241 e. The second kappa shape index (κ2) is 9.24. The molecule has 7 heteroatoms. The van der Waals surface area contributed by atoms with Gasteiger partial charge < -0.3 is 10.1 Å². The summed E-state index contributed by atoms with van der Waals surface area (Å²) >= 11 is 0. The predicted molar refractivity (Wildman–Crippen MR) is 113 cm³/mol. The fraction of sp³-hybridized carbons (Fsp3) is 0.136. The number of benzene rings is 3. The molecule has 0 saturated heterocycles. The number of amides is 1. The third kappa shape index (κ3) is 5.57. The van der Waals surface area contributed by atoms with Gasteiger partial charge in [-0.3, -0.25) is 4.79 Å². The Morgan fingerprint density at radius 2 is 1.69 bits per heavy atom. The van der Waals surface area contributed by atoms with E-state index in [4.69, 9.17) is 4.74 Å². The maximum absolute atomic E-state index is 12.3. The Balaban J connectivity index is 1.53. The molecule has 1 amide bonds. The number of carbonyl (C=O) groups excluding carboxylic acids is 1. The van der Waals surface area contributed by atoms with Crippen LogP contribution in [0.1, 0.15) is 6.92 Å². The number of carbonyl (C=O) groups is 1. The quantitative estimate of drug-likeness (QED) is 0.614. The zero-order valence-corrected chi connectivity index (χ0v) is 16.6. The number of rotatable bonds is 6. The van der Waals surface area contributed by atoms with E-state index in [0.29, 0.717) is 5.69 Å². The summed E-state index contributed by atoms with van der Waals surface area (Å²) < 4.78 is 32.7. The molecule has 0 radical (unpaired) electrons. The molecule has 0 spiro atoms. The maximum atomic E-state index is 12.3. The van der Waals surface area contributed by atoms with Crippen LogP contribution in [0.3, 0.4) is 0 Å². The van der Waals surface area contributed by atoms with Crippen LogP contribution in [0.2, 0.25) is 0 Å². The highest BCUT2D eigenvalue weighted by Gasteiger charge is 2.12. The van der Waals surface area contributed by atoms with Crippen LogP contribution in [0.4, 0.5) is 5.69 Å². The number of sulfonamides is 1. The van der Waals surface area contributed by atoms with E-state index in [-0.39, 0.29) is 24.0 Å². The summed E-state index contributed by atoms with van der Waals surface area (Å²) in [6.45, 7) is 1.50. The van der Waals surface area contributed by atoms with Crippen LogP contribution in [0.15, 0.2) is 71.6 Å². The van der Waals surface area contributed by atoms with Crippen molar-refractivity contribution in [2.24, 2.45) is 0 Å². The minimum Gasteiger partial charge on any atom is -0.480 e. The Bertz CT molecular complexity index is 1170. The molecule has 0 heterocycles. The lowest BCUT2D eigenvalue weighted by molar-refractivity contribution is -0.114. The number of fused-ring (bicyclic) bond motifs is 1. The van der Waals surface area contributed by atoms with Gasteiger partial charge in [-0.15, -0.1) is 0 Å². The lowest BCUT2D eigenvalue weighted by atomic mass is 10.1. The van der Waals surface area contributed by atoms with E-state index in [0.717, 1.165) is 16.5 Å². The summed E-state index contributed by atoms with van der Waals surface area (Å²) in [5.74, 6) is 6.06. The van der Waals surface area contributed by atoms with Crippen LogP contribution in [-0.2, 0) is 14.8 Å². The van der Waals surface area contributed by atoms with Gasteiger partial charge >= 0.3 is 0 Å². The van der Waals surface area contributed by atoms with Gasteiger partial charge in [-0.25, -0.2) is 8.42 Å². The standard InChI is InChI=1S/C22H20N2O4S/c1-17(25)24-19-11-13-20(14-12-19)29(26,27)23-15-4-5-16-28-22-10-6-8-18-7-2-3-9-21(18)22/h2-3,6-14,23H,15-16H2,1H3,(H,24,25). The normalized spacial score (nSPS) is 10.8. The summed E-state index contributed by atoms with van der Waals surface area (Å²) in [6, 6.07) is 19.6. The van der Waals surface area contributed by atoms with Crippen molar-refractivity contribution in [1.82, 2.24) is 4.72 Å². The molecule has 3 aromatic rings. The van der Waals surface area contributed by atoms with Gasteiger partial charge in [-0.05, 0) is 35.7 Å². The van der Waals surface area contributed by atoms with Crippen LogP contribution in [-0.4, -0.2) is 27.5 Å². The molecule has 0 saturated carbocycles. The summed E-state index contributed by atoms with van der Waals surface area (Å²) in [6.07, 6.45) is 0. The van der Waals surface area contributed by atoms with Gasteiger partial charge in [0.2, 0.25) is 15.9 Å². The Morgan fingerprint density at radius 3 is 2.45 bits per heavy atom. The molecule has 0 unspecified atom stereocenters. The third-order valence-corrected chi connectivity index (χ3v) is 5.43. The highest BCUT2D eigenvalue weighted by atomic mass is 32.2. The first-order chi connectivity index (χ1) is 14.0. The van der Waals surface area contributed by atoms with Crippen molar-refractivity contribution in [3.8, 4) is 17.6 Å². The Kier molecular flexibility index (Phi) is 6.50. The van der Waals surface area contributed by atoms with Crippen molar-refractivity contribution in [2.45, 2.75) is 11.8 Å². The molecule has 0 atom stereocenters. The number of nitrogens with one attached hydrogen (secondary N) is 2. The van der Waals surface area contributed by atoms with Gasteiger partial charge in [-0.1, -0.05) is 48.2 Å². The predicted octanol–water partition coefficient (Wildman–Crippen LogP) is 3.16. The van der Waals surface area contributed by atoms with Crippen molar-refractivity contribution in [2.75, 3.05) is 18.5 Å². The number of anilines is 1. The molecular weight excluding hydrogens is 388 g/mol. The number of ether oxygens (including phenoxy) is 1. The molecule has 6 nitrogen and oxygen atoms in total. The van der Waals surface area contributed by atoms with E-state index in [1.165, 1.54) is 31.2 Å². The molecule has 0 aliphatic carbocycles. The lowest BCUT2D eigenvalue weighted by Gasteiger charge is -2.06. The summed E-state index contributed by atoms with van der Waals surface area (Å²) in [7, 11) is -3.68. The molecule has 0 fully saturated rings. The van der Waals surface area contributed by atoms with E-state index in [2.05, 4.69) is 21.9 Å². The largest absolute Gasteiger partial charge is 0.480 e. The molecule has 0 aliphatic heterocycles. The first kappa shape index (κ1) is 20.4. The highest BCUT2D eigenvalue weighted by molar-refractivity contribution is 7.89. The minimum atomic E-state index is -3.68. The Morgan fingerprint density at radius 1 is 0.966 bits per heavy atom. The average molecular weight is 408 g/mol. The van der Waals surface area contributed by atoms with Crippen molar-refractivity contribution in [1.29, 1.82) is 0 Å². The molecule has 148 valence electrons. The van der Waals surface area contributed by atoms with Gasteiger partial charge in [0.1, 0.15) is 12.4 Å². The van der Waals surface area contributed by atoms with Crippen molar-refractivity contribution in [3.63, 3.8) is 0 Å². The lowest BCUT2D eigenvalue weighted by Crippen LogP contribution is -2.24. The maximum Gasteiger partial charge on any atom is 0.241 e. The number of hydrogen-bond acceptors (Lipinski definition) is 4. The van der Waals surface area contributed by atoms with Crippen molar-refractivity contribution in [3.05, 3.63) is 66.7 Å². The van der Waals surface area contributed by atoms with E-state index in [1.807, 2.05) is 42.5 Å². The molecule has 3 aromatic carbocycles. The van der Waals surface area contributed by atoms with Gasteiger partial charge in [0.15, 0.2) is 0 Å². The van der Waals surface area contributed by atoms with Crippen molar-refractivity contribution < 1.29 is 17.9 Å². The third-order valence-electron chi connectivity index (χ3n) is 4.01. The monoisotopic (exact) mass is 408 g/mol. The molecular formula is C22H20N2O4S. The molecule has 0 aromatic heterocycles. The van der Waals surface area contributed by atoms with E-state index >= 15 is 0 Å². The van der Waals surface area contributed by atoms with Gasteiger partial charge in [0.05, 0.1) is 11.4 Å². The fourth-order valence-electron chi connectivity index (χ4n) is 2.68. The summed E-state index contributed by atoms with van der Waals surface area (Å²) in [5.41, 5.74) is 0.529. The zero-order chi connectivity index (χ0) is 20.7. The topological polar surface area (TPSA) is 84.5 Å². The van der Waals surface area contributed by atoms with E-state index in [9.17, 15) is 13.2 Å². The SMILES string of the molecule is CC(=O)Nc1ccc(S(=O)(=O)NCC#CCOc2cccc3ccccc23)cc1. The highest BCUT2D eigenvalue weighted by Crippen LogP contribution is 2.24. The summed E-state index contributed by atoms with van der Waals surface area (Å²) in [5, 5.41) is 4.66. The zero-order valence-electron chi connectivity index (χ0n) is 15.8. The second-order valence-electron chi connectivity index (χ2n) is 6.15. The minimum absolute atomic E-state index is 0.0331. The summed E-state index contributed by atoms with van der Waals surface area (Å²) in [4.78, 5) is 11.1. The van der Waals surface area contributed by atoms with Crippen LogP contribution in [0.25, 0.3) is 10.8 Å². The van der Waals surface area contributed by atoms with Gasteiger partial charge in [0.25, 0.3) is 0 Å². The van der Waals surface area contributed by atoms with Crippen LogP contribution in [0.5, 0.6) is 5.75 Å². The Labute approximate surface area is 169 Å². The van der Waals surface area contributed by atoms with Gasteiger partial charge in [0, 0.05) is 18.0 Å². The fourth-order valence-corrected chi connectivity index (χ4v) is 3.61. The second-order valence-corrected chi connectivity index (χ2v) is 7.92. The molecule has 0 aliphatic rings. The molecule has 2 N–H and O–H groups in total. The molecule has 0 bridgehead atoms. The molecule has 29 heavy (non-hydrogen) atoms. The van der Waals surface area contributed by atoms with Crippen LogP contribution >= 0.6 is 0 Å².